The van der Waals surface area contributed by atoms with E-state index in [2.05, 4.69) is 15.2 Å². The van der Waals surface area contributed by atoms with Gasteiger partial charge in [0.05, 0.1) is 11.7 Å². The van der Waals surface area contributed by atoms with Crippen molar-refractivity contribution in [1.82, 2.24) is 15.2 Å². The highest BCUT2D eigenvalue weighted by Crippen LogP contribution is 2.21. The van der Waals surface area contributed by atoms with E-state index < -0.39 is 5.97 Å². The summed E-state index contributed by atoms with van der Waals surface area (Å²) in [5.41, 5.74) is 1.70. The largest absolute Gasteiger partial charge is 0.481 e. The Labute approximate surface area is 101 Å². The monoisotopic (exact) mass is 253 g/mol. The van der Waals surface area contributed by atoms with E-state index >= 15 is 0 Å². The van der Waals surface area contributed by atoms with Gasteiger partial charge in [-0.25, -0.2) is 0 Å². The van der Waals surface area contributed by atoms with Crippen LogP contribution < -0.4 is 0 Å². The SMILES string of the molecule is O=C(O)CCCCc1nnc(-c2cncs2)o1. The number of carbonyl (C=O) groups is 1. The summed E-state index contributed by atoms with van der Waals surface area (Å²) in [6, 6.07) is 0. The first kappa shape index (κ1) is 11.7. The Morgan fingerprint density at radius 2 is 2.29 bits per heavy atom. The zero-order valence-electron chi connectivity index (χ0n) is 9.00. The second kappa shape index (κ2) is 5.53. The molecule has 0 radical (unpaired) electrons. The second-order valence-electron chi connectivity index (χ2n) is 3.47. The minimum absolute atomic E-state index is 0.176. The molecule has 0 aliphatic rings. The van der Waals surface area contributed by atoms with Crippen molar-refractivity contribution in [2.24, 2.45) is 0 Å². The van der Waals surface area contributed by atoms with Gasteiger partial charge in [-0.15, -0.1) is 21.5 Å². The van der Waals surface area contributed by atoms with Crippen molar-refractivity contribution >= 4 is 17.3 Å². The van der Waals surface area contributed by atoms with Crippen LogP contribution in [0.1, 0.15) is 25.2 Å². The summed E-state index contributed by atoms with van der Waals surface area (Å²) in [6.45, 7) is 0. The quantitative estimate of drug-likeness (QED) is 0.792. The van der Waals surface area contributed by atoms with Crippen LogP contribution in [-0.4, -0.2) is 26.3 Å². The predicted molar refractivity (Wildman–Crippen MR) is 60.6 cm³/mol. The molecule has 6 nitrogen and oxygen atoms in total. The lowest BCUT2D eigenvalue weighted by Crippen LogP contribution is -1.95. The molecule has 0 unspecified atom stereocenters. The molecule has 0 saturated carbocycles. The highest BCUT2D eigenvalue weighted by Gasteiger charge is 2.09. The van der Waals surface area contributed by atoms with Gasteiger partial charge in [0, 0.05) is 12.8 Å². The standard InChI is InChI=1S/C10H11N3O3S/c14-9(15)4-2-1-3-8-12-13-10(16-8)7-5-11-6-17-7/h5-6H,1-4H2,(H,14,15). The van der Waals surface area contributed by atoms with Crippen LogP contribution in [0, 0.1) is 0 Å². The third-order valence-corrected chi connectivity index (χ3v) is 2.90. The molecule has 0 fully saturated rings. The number of hydrogen-bond acceptors (Lipinski definition) is 6. The van der Waals surface area contributed by atoms with E-state index in [-0.39, 0.29) is 6.42 Å². The van der Waals surface area contributed by atoms with Crippen molar-refractivity contribution in [2.75, 3.05) is 0 Å². The molecule has 0 amide bonds. The van der Waals surface area contributed by atoms with Gasteiger partial charge >= 0.3 is 5.97 Å². The lowest BCUT2D eigenvalue weighted by molar-refractivity contribution is -0.137. The van der Waals surface area contributed by atoms with Crippen molar-refractivity contribution in [1.29, 1.82) is 0 Å². The smallest absolute Gasteiger partial charge is 0.303 e. The number of aliphatic carboxylic acids is 1. The lowest BCUT2D eigenvalue weighted by Gasteiger charge is -1.93. The van der Waals surface area contributed by atoms with Gasteiger partial charge in [-0.3, -0.25) is 9.78 Å². The first-order valence-corrected chi connectivity index (χ1v) is 6.06. The molecule has 2 aromatic heterocycles. The van der Waals surface area contributed by atoms with Gasteiger partial charge in [0.25, 0.3) is 5.89 Å². The molecule has 1 N–H and O–H groups in total. The van der Waals surface area contributed by atoms with E-state index in [1.807, 2.05) is 0 Å². The van der Waals surface area contributed by atoms with Crippen molar-refractivity contribution in [3.8, 4) is 10.8 Å². The van der Waals surface area contributed by atoms with Crippen LogP contribution in [0.4, 0.5) is 0 Å². The van der Waals surface area contributed by atoms with Crippen LogP contribution in [0.3, 0.4) is 0 Å². The van der Waals surface area contributed by atoms with E-state index in [0.29, 0.717) is 24.6 Å². The zero-order valence-corrected chi connectivity index (χ0v) is 9.81. The molecule has 0 aliphatic heterocycles. The van der Waals surface area contributed by atoms with Crippen molar-refractivity contribution in [3.05, 3.63) is 17.6 Å². The third kappa shape index (κ3) is 3.35. The topological polar surface area (TPSA) is 89.1 Å². The van der Waals surface area contributed by atoms with Crippen molar-refractivity contribution in [2.45, 2.75) is 25.7 Å². The number of carboxylic acids is 1. The number of thiazole rings is 1. The molecule has 7 heteroatoms. The summed E-state index contributed by atoms with van der Waals surface area (Å²) in [4.78, 5) is 15.1. The highest BCUT2D eigenvalue weighted by atomic mass is 32.1. The lowest BCUT2D eigenvalue weighted by atomic mass is 10.2. The number of rotatable bonds is 6. The molecule has 0 atom stereocenters. The average Bonchev–Trinajstić information content (AvgIpc) is 2.94. The van der Waals surface area contributed by atoms with Gasteiger partial charge in [0.1, 0.15) is 4.88 Å². The number of carboxylic acid groups (broad SMARTS) is 1. The predicted octanol–water partition coefficient (Wildman–Crippen LogP) is 1.99. The Morgan fingerprint density at radius 1 is 1.41 bits per heavy atom. The summed E-state index contributed by atoms with van der Waals surface area (Å²) in [5.74, 6) is 0.236. The average molecular weight is 253 g/mol. The number of aryl methyl sites for hydroxylation is 1. The molecule has 17 heavy (non-hydrogen) atoms. The fourth-order valence-electron chi connectivity index (χ4n) is 1.33. The molecular weight excluding hydrogens is 242 g/mol. The van der Waals surface area contributed by atoms with Gasteiger partial charge in [-0.1, -0.05) is 0 Å². The number of aromatic nitrogens is 3. The molecule has 2 heterocycles. The highest BCUT2D eigenvalue weighted by molar-refractivity contribution is 7.13. The summed E-state index contributed by atoms with van der Waals surface area (Å²) in [5, 5.41) is 16.3. The van der Waals surface area contributed by atoms with Gasteiger partial charge in [0.15, 0.2) is 0 Å². The van der Waals surface area contributed by atoms with Gasteiger partial charge in [0.2, 0.25) is 5.89 Å². The molecular formula is C10H11N3O3S. The minimum atomic E-state index is -0.777. The van der Waals surface area contributed by atoms with Crippen molar-refractivity contribution < 1.29 is 14.3 Å². The van der Waals surface area contributed by atoms with E-state index in [1.165, 1.54) is 11.3 Å². The summed E-state index contributed by atoms with van der Waals surface area (Å²) < 4.78 is 5.44. The Kier molecular flexibility index (Phi) is 3.81. The summed E-state index contributed by atoms with van der Waals surface area (Å²) >= 11 is 1.44. The maximum absolute atomic E-state index is 10.3. The Morgan fingerprint density at radius 3 is 3.00 bits per heavy atom. The maximum atomic E-state index is 10.3. The molecule has 0 bridgehead atoms. The van der Waals surface area contributed by atoms with Gasteiger partial charge in [-0.05, 0) is 12.8 Å². The van der Waals surface area contributed by atoms with E-state index in [4.69, 9.17) is 9.52 Å². The number of unbranched alkanes of at least 4 members (excludes halogenated alkanes) is 1. The normalized spacial score (nSPS) is 10.6. The molecule has 0 saturated heterocycles. The third-order valence-electron chi connectivity index (χ3n) is 2.14. The van der Waals surface area contributed by atoms with Crippen molar-refractivity contribution in [3.63, 3.8) is 0 Å². The molecule has 2 rings (SSSR count). The zero-order chi connectivity index (χ0) is 12.1. The molecule has 2 aromatic rings. The fraction of sp³-hybridized carbons (Fsp3) is 0.400. The van der Waals surface area contributed by atoms with Gasteiger partial charge in [-0.2, -0.15) is 0 Å². The molecule has 0 spiro atoms. The van der Waals surface area contributed by atoms with Crippen LogP contribution in [-0.2, 0) is 11.2 Å². The first-order valence-electron chi connectivity index (χ1n) is 5.19. The Hall–Kier alpha value is -1.76. The number of nitrogens with zero attached hydrogens (tertiary/aromatic N) is 3. The number of hydrogen-bond donors (Lipinski definition) is 1. The van der Waals surface area contributed by atoms with Crippen LogP contribution in [0.5, 0.6) is 0 Å². The first-order chi connectivity index (χ1) is 8.25. The second-order valence-corrected chi connectivity index (χ2v) is 4.35. The summed E-state index contributed by atoms with van der Waals surface area (Å²) in [7, 11) is 0. The molecule has 90 valence electrons. The van der Waals surface area contributed by atoms with Crippen LogP contribution in [0.15, 0.2) is 16.1 Å². The van der Waals surface area contributed by atoms with E-state index in [0.717, 1.165) is 11.3 Å². The maximum Gasteiger partial charge on any atom is 0.303 e. The Balaban J connectivity index is 1.84. The van der Waals surface area contributed by atoms with E-state index in [1.54, 1.807) is 11.7 Å². The van der Waals surface area contributed by atoms with Crippen LogP contribution in [0.2, 0.25) is 0 Å². The minimum Gasteiger partial charge on any atom is -0.481 e. The molecule has 0 aliphatic carbocycles. The fourth-order valence-corrected chi connectivity index (χ4v) is 1.87. The van der Waals surface area contributed by atoms with Crippen LogP contribution >= 0.6 is 11.3 Å². The van der Waals surface area contributed by atoms with Gasteiger partial charge < -0.3 is 9.52 Å². The van der Waals surface area contributed by atoms with E-state index in [9.17, 15) is 4.79 Å². The molecule has 0 aromatic carbocycles. The van der Waals surface area contributed by atoms with Crippen LogP contribution in [0.25, 0.3) is 10.8 Å². The Bertz CT molecular complexity index is 481. The summed E-state index contributed by atoms with van der Waals surface area (Å²) in [6.07, 6.45) is 3.81.